The maximum Gasteiger partial charge on any atom is 0.268 e. The van der Waals surface area contributed by atoms with Crippen molar-refractivity contribution in [1.29, 1.82) is 0 Å². The van der Waals surface area contributed by atoms with Crippen LogP contribution in [0.4, 0.5) is 0 Å². The number of fused-ring (bicyclic) bond motifs is 2. The molecule has 0 aliphatic heterocycles. The van der Waals surface area contributed by atoms with Crippen molar-refractivity contribution in [2.24, 2.45) is 17.6 Å². The number of hydrogen-bond acceptors (Lipinski definition) is 3. The number of primary amides is 1. The van der Waals surface area contributed by atoms with Crippen LogP contribution in [0.2, 0.25) is 5.02 Å². The molecule has 0 radical (unpaired) electrons. The van der Waals surface area contributed by atoms with Gasteiger partial charge in [0.05, 0.1) is 16.6 Å². The average Bonchev–Trinajstić information content (AvgIpc) is 3.29. The Hall–Kier alpha value is -2.66. The Morgan fingerprint density at radius 3 is 2.69 bits per heavy atom. The number of pyridine rings is 2. The summed E-state index contributed by atoms with van der Waals surface area (Å²) in [6.45, 7) is 4.36. The van der Waals surface area contributed by atoms with Gasteiger partial charge in [-0.15, -0.1) is 0 Å². The van der Waals surface area contributed by atoms with Crippen LogP contribution in [-0.4, -0.2) is 15.9 Å². The lowest BCUT2D eigenvalue weighted by Gasteiger charge is -2.28. The molecule has 0 saturated heterocycles. The number of rotatable bonds is 3. The molecule has 0 bridgehead atoms. The topological polar surface area (TPSA) is 88.8 Å². The summed E-state index contributed by atoms with van der Waals surface area (Å²) < 4.78 is 0. The van der Waals surface area contributed by atoms with Gasteiger partial charge in [-0.25, -0.2) is 0 Å². The van der Waals surface area contributed by atoms with Crippen LogP contribution in [0.5, 0.6) is 0 Å². The fourth-order valence-corrected chi connectivity index (χ4v) is 5.63. The summed E-state index contributed by atoms with van der Waals surface area (Å²) >= 11 is 6.75. The molecule has 2 unspecified atom stereocenters. The number of nitrogens with zero attached hydrogens (tertiary/aromatic N) is 1. The van der Waals surface area contributed by atoms with E-state index in [9.17, 15) is 9.59 Å². The Bertz CT molecular complexity index is 1240. The Kier molecular flexibility index (Phi) is 3.91. The lowest BCUT2D eigenvalue weighted by molar-refractivity contribution is 0.0997. The quantitative estimate of drug-likeness (QED) is 0.676. The van der Waals surface area contributed by atoms with Crippen molar-refractivity contribution in [3.63, 3.8) is 0 Å². The summed E-state index contributed by atoms with van der Waals surface area (Å²) in [5.74, 6) is 1.00. The number of amides is 1. The van der Waals surface area contributed by atoms with E-state index in [0.717, 1.165) is 28.0 Å². The van der Waals surface area contributed by atoms with Crippen molar-refractivity contribution in [3.8, 4) is 11.3 Å². The van der Waals surface area contributed by atoms with Gasteiger partial charge in [-0.1, -0.05) is 24.6 Å². The monoisotopic (exact) mass is 407 g/mol. The normalized spacial score (nSPS) is 25.2. The van der Waals surface area contributed by atoms with E-state index in [-0.39, 0.29) is 21.9 Å². The number of H-pyrrole nitrogens is 1. The van der Waals surface area contributed by atoms with Crippen molar-refractivity contribution in [1.82, 2.24) is 9.97 Å². The molecule has 2 saturated carbocycles. The Morgan fingerprint density at radius 2 is 2.00 bits per heavy atom. The molecule has 148 valence electrons. The number of carbonyl (C=O) groups excluding carboxylic acids is 1. The summed E-state index contributed by atoms with van der Waals surface area (Å²) in [5, 5.41) is 0.949. The first-order valence-electron chi connectivity index (χ1n) is 9.90. The first-order valence-corrected chi connectivity index (χ1v) is 10.3. The highest BCUT2D eigenvalue weighted by Crippen LogP contribution is 2.61. The minimum absolute atomic E-state index is 0.0203. The molecule has 3 atom stereocenters. The summed E-state index contributed by atoms with van der Waals surface area (Å²) in [6.07, 6.45) is 5.24. The zero-order valence-corrected chi connectivity index (χ0v) is 17.1. The smallest absolute Gasteiger partial charge is 0.268 e. The number of halogens is 1. The molecule has 2 fully saturated rings. The van der Waals surface area contributed by atoms with Gasteiger partial charge in [0.2, 0.25) is 0 Å². The number of aromatic nitrogens is 2. The highest BCUT2D eigenvalue weighted by molar-refractivity contribution is 6.31. The predicted molar refractivity (Wildman–Crippen MR) is 114 cm³/mol. The lowest BCUT2D eigenvalue weighted by atomic mass is 9.77. The second-order valence-electron chi connectivity index (χ2n) is 8.87. The maximum atomic E-state index is 12.8. The molecule has 0 spiro atoms. The molecule has 2 aliphatic carbocycles. The predicted octanol–water partition coefficient (Wildman–Crippen LogP) is 4.34. The van der Waals surface area contributed by atoms with Gasteiger partial charge in [0.1, 0.15) is 5.69 Å². The second-order valence-corrected chi connectivity index (χ2v) is 9.27. The SMILES string of the molecule is Cc1cc(C2(C)CC3C[C@@H]3C2)c(Cl)cc1-c1cc(=O)c2c(C(N)=O)nccc2[nH]1. The number of hydrogen-bond donors (Lipinski definition) is 2. The summed E-state index contributed by atoms with van der Waals surface area (Å²) in [5.41, 5.74) is 9.52. The highest BCUT2D eigenvalue weighted by atomic mass is 35.5. The van der Waals surface area contributed by atoms with E-state index < -0.39 is 5.91 Å². The van der Waals surface area contributed by atoms with Gasteiger partial charge < -0.3 is 10.7 Å². The van der Waals surface area contributed by atoms with Crippen LogP contribution < -0.4 is 11.2 Å². The van der Waals surface area contributed by atoms with Crippen LogP contribution in [0.3, 0.4) is 0 Å². The van der Waals surface area contributed by atoms with E-state index in [1.807, 2.05) is 13.0 Å². The first kappa shape index (κ1) is 18.4. The van der Waals surface area contributed by atoms with Gasteiger partial charge in [-0.05, 0) is 66.7 Å². The third-order valence-corrected chi connectivity index (χ3v) is 7.04. The van der Waals surface area contributed by atoms with E-state index in [1.54, 1.807) is 6.07 Å². The van der Waals surface area contributed by atoms with Gasteiger partial charge in [0.15, 0.2) is 5.43 Å². The molecule has 2 aliphatic rings. The zero-order chi connectivity index (χ0) is 20.5. The molecule has 5 rings (SSSR count). The van der Waals surface area contributed by atoms with E-state index in [1.165, 1.54) is 37.1 Å². The Morgan fingerprint density at radius 1 is 1.28 bits per heavy atom. The van der Waals surface area contributed by atoms with Gasteiger partial charge in [0, 0.05) is 22.8 Å². The van der Waals surface area contributed by atoms with Gasteiger partial charge >= 0.3 is 0 Å². The van der Waals surface area contributed by atoms with Crippen LogP contribution in [0.1, 0.15) is 47.8 Å². The van der Waals surface area contributed by atoms with Crippen molar-refractivity contribution < 1.29 is 4.79 Å². The fraction of sp³-hybridized carbons (Fsp3) is 0.348. The number of nitrogens with one attached hydrogen (secondary N) is 1. The van der Waals surface area contributed by atoms with Crippen molar-refractivity contribution >= 4 is 28.4 Å². The largest absolute Gasteiger partial charge is 0.364 e. The van der Waals surface area contributed by atoms with E-state index >= 15 is 0 Å². The average molecular weight is 408 g/mol. The fourth-order valence-electron chi connectivity index (χ4n) is 5.24. The third kappa shape index (κ3) is 2.87. The first-order chi connectivity index (χ1) is 13.8. The van der Waals surface area contributed by atoms with Gasteiger partial charge in [-0.2, -0.15) is 0 Å². The third-order valence-electron chi connectivity index (χ3n) is 6.72. The molecule has 5 nitrogen and oxygen atoms in total. The number of aromatic amines is 1. The maximum absolute atomic E-state index is 12.8. The highest BCUT2D eigenvalue weighted by Gasteiger charge is 2.52. The Labute approximate surface area is 173 Å². The standard InChI is InChI=1S/C23H22ClN3O2/c1-11-5-15(23(2)9-12-6-13(12)10-23)16(24)7-14(11)18-8-19(28)20-17(27-18)3-4-26-21(20)22(25)29/h3-5,7-8,12-13H,6,9-10H2,1-2H3,(H2,25,29)(H,27,28)/t12-,13?,23?/m1/s1. The van der Waals surface area contributed by atoms with Crippen LogP contribution >= 0.6 is 11.6 Å². The molecule has 1 aromatic carbocycles. The van der Waals surface area contributed by atoms with E-state index in [4.69, 9.17) is 17.3 Å². The van der Waals surface area contributed by atoms with Gasteiger partial charge in [0.25, 0.3) is 5.91 Å². The second kappa shape index (κ2) is 6.17. The summed E-state index contributed by atoms with van der Waals surface area (Å²) in [7, 11) is 0. The van der Waals surface area contributed by atoms with Crippen LogP contribution in [0, 0.1) is 18.8 Å². The van der Waals surface area contributed by atoms with Crippen LogP contribution in [0.15, 0.2) is 35.3 Å². The molecule has 2 heterocycles. The van der Waals surface area contributed by atoms with E-state index in [0.29, 0.717) is 11.2 Å². The minimum Gasteiger partial charge on any atom is -0.364 e. The Balaban J connectivity index is 1.63. The summed E-state index contributed by atoms with van der Waals surface area (Å²) in [6, 6.07) is 7.28. The lowest BCUT2D eigenvalue weighted by Crippen LogP contribution is -2.20. The number of nitrogens with two attached hydrogens (primary N) is 1. The van der Waals surface area contributed by atoms with Crippen LogP contribution in [-0.2, 0) is 5.41 Å². The number of benzene rings is 1. The molecule has 29 heavy (non-hydrogen) atoms. The van der Waals surface area contributed by atoms with Crippen molar-refractivity contribution in [2.45, 2.75) is 38.5 Å². The molecule has 2 aromatic heterocycles. The molecular weight excluding hydrogens is 386 g/mol. The minimum atomic E-state index is -0.722. The molecule has 1 amide bonds. The van der Waals surface area contributed by atoms with Crippen molar-refractivity contribution in [3.05, 3.63) is 62.5 Å². The van der Waals surface area contributed by atoms with Crippen molar-refractivity contribution in [2.75, 3.05) is 0 Å². The number of carbonyl (C=O) groups is 1. The molecule has 3 N–H and O–H groups in total. The zero-order valence-electron chi connectivity index (χ0n) is 16.4. The van der Waals surface area contributed by atoms with Gasteiger partial charge in [-0.3, -0.25) is 14.6 Å². The number of aryl methyl sites for hydroxylation is 1. The molecular formula is C23H22ClN3O2. The van der Waals surface area contributed by atoms with Crippen LogP contribution in [0.25, 0.3) is 22.2 Å². The molecule has 6 heteroatoms. The van der Waals surface area contributed by atoms with E-state index in [2.05, 4.69) is 23.0 Å². The molecule has 3 aromatic rings. The summed E-state index contributed by atoms with van der Waals surface area (Å²) in [4.78, 5) is 31.6.